The van der Waals surface area contributed by atoms with Gasteiger partial charge in [0.2, 0.25) is 0 Å². The molecule has 4 rings (SSSR count). The molecule has 1 saturated heterocycles. The zero-order chi connectivity index (χ0) is 34.5. The van der Waals surface area contributed by atoms with E-state index in [0.717, 1.165) is 43.7 Å². The molecular weight excluding hydrogens is 617 g/mol. The zero-order valence-corrected chi connectivity index (χ0v) is 28.8. The van der Waals surface area contributed by atoms with Crippen LogP contribution >= 0.6 is 0 Å². The first-order valence-electron chi connectivity index (χ1n) is 17.2. The number of benzene rings is 1. The molecule has 3 heterocycles. The summed E-state index contributed by atoms with van der Waals surface area (Å²) in [5.41, 5.74) is 10.8. The van der Waals surface area contributed by atoms with Crippen LogP contribution in [0.2, 0.25) is 0 Å². The molecule has 0 spiro atoms. The molecular formula is C35H50FN7O5. The van der Waals surface area contributed by atoms with E-state index in [9.17, 15) is 9.59 Å². The maximum atomic E-state index is 15.5. The van der Waals surface area contributed by atoms with E-state index in [1.54, 1.807) is 28.9 Å². The summed E-state index contributed by atoms with van der Waals surface area (Å²) in [4.78, 5) is 37.2. The summed E-state index contributed by atoms with van der Waals surface area (Å²) in [5, 5.41) is 6.94. The van der Waals surface area contributed by atoms with Gasteiger partial charge in [-0.25, -0.2) is 14.2 Å². The Hall–Kier alpha value is -4.09. The molecule has 2 amide bonds. The normalized spacial score (nSPS) is 15.7. The van der Waals surface area contributed by atoms with Gasteiger partial charge in [0, 0.05) is 49.8 Å². The van der Waals surface area contributed by atoms with Crippen LogP contribution in [-0.4, -0.2) is 84.4 Å². The molecule has 1 fully saturated rings. The Kier molecular flexibility index (Phi) is 13.7. The molecule has 12 nitrogen and oxygen atoms in total. The number of anilines is 1. The highest BCUT2D eigenvalue weighted by Gasteiger charge is 2.36. The number of hydrogen-bond acceptors (Lipinski definition) is 8. The van der Waals surface area contributed by atoms with Crippen LogP contribution in [0.1, 0.15) is 89.1 Å². The molecule has 1 aromatic carbocycles. The predicted molar refractivity (Wildman–Crippen MR) is 181 cm³/mol. The average Bonchev–Trinajstić information content (AvgIpc) is 3.43. The quantitative estimate of drug-likeness (QED) is 0.0737. The summed E-state index contributed by atoms with van der Waals surface area (Å²) in [7, 11) is 0. The van der Waals surface area contributed by atoms with Crippen molar-refractivity contribution in [3.05, 3.63) is 63.4 Å². The van der Waals surface area contributed by atoms with Crippen LogP contribution in [0, 0.1) is 5.82 Å². The third kappa shape index (κ3) is 10.5. The average molecular weight is 668 g/mol. The van der Waals surface area contributed by atoms with E-state index in [1.165, 1.54) is 11.6 Å². The number of amides is 2. The number of ether oxygens (including phenoxy) is 3. The second kappa shape index (κ2) is 17.9. The number of urea groups is 1. The van der Waals surface area contributed by atoms with Crippen molar-refractivity contribution >= 4 is 17.8 Å². The van der Waals surface area contributed by atoms with Gasteiger partial charge in [-0.2, -0.15) is 0 Å². The molecule has 2 aromatic rings. The first-order valence-corrected chi connectivity index (χ1v) is 17.2. The smallest absolute Gasteiger partial charge is 0.320 e. The monoisotopic (exact) mass is 667 g/mol. The van der Waals surface area contributed by atoms with Gasteiger partial charge in [-0.3, -0.25) is 4.79 Å². The van der Waals surface area contributed by atoms with E-state index in [1.807, 2.05) is 20.8 Å². The standard InChI is InChI=1S/C35H50FN7O5/c1-5-28(15-22-47-35(3,4)16-18-39-41-37)48-31-14-12-26(23-29(31)36)30(24-32(44)46-6-2)43-21-20-42(34(43)45)19-8-10-27-13-11-25-9-7-17-38-33(25)40-27/h11-14,23,28,30H,5-10,15-22,24H2,1-4H3,(H,38,40)/t28?,30-/m1/s1. The number of hydrogen-bond donors (Lipinski definition) is 1. The molecule has 13 heteroatoms. The molecule has 1 N–H and O–H groups in total. The Bertz CT molecular complexity index is 1430. The molecule has 48 heavy (non-hydrogen) atoms. The van der Waals surface area contributed by atoms with E-state index in [4.69, 9.17) is 24.7 Å². The highest BCUT2D eigenvalue weighted by molar-refractivity contribution is 5.78. The van der Waals surface area contributed by atoms with E-state index in [2.05, 4.69) is 27.5 Å². The molecule has 0 aliphatic carbocycles. The minimum Gasteiger partial charge on any atom is -0.487 e. The van der Waals surface area contributed by atoms with Crippen molar-refractivity contribution in [3.8, 4) is 5.75 Å². The highest BCUT2D eigenvalue weighted by Crippen LogP contribution is 2.32. The van der Waals surface area contributed by atoms with Gasteiger partial charge in [0.25, 0.3) is 0 Å². The zero-order valence-electron chi connectivity index (χ0n) is 28.8. The van der Waals surface area contributed by atoms with Crippen molar-refractivity contribution < 1.29 is 28.2 Å². The number of esters is 1. The van der Waals surface area contributed by atoms with Gasteiger partial charge in [0.15, 0.2) is 11.6 Å². The number of nitrogens with one attached hydrogen (secondary N) is 1. The van der Waals surface area contributed by atoms with E-state index < -0.39 is 23.4 Å². The number of carbonyl (C=O) groups excluding carboxylic acids is 2. The fraction of sp³-hybridized carbons (Fsp3) is 0.629. The van der Waals surface area contributed by atoms with Gasteiger partial charge in [0.1, 0.15) is 11.9 Å². The summed E-state index contributed by atoms with van der Waals surface area (Å²) >= 11 is 0. The molecule has 2 aliphatic rings. The third-order valence-corrected chi connectivity index (χ3v) is 8.88. The summed E-state index contributed by atoms with van der Waals surface area (Å²) in [6.45, 7) is 10.9. The SMILES string of the molecule is CCOC(=O)C[C@H](c1ccc(OC(CC)CCOC(C)(C)CCN=[N+]=[N-])c(F)c1)N1CCN(CCCc2ccc3c(n2)NCCC3)C1=O. The largest absolute Gasteiger partial charge is 0.487 e. The van der Waals surface area contributed by atoms with Crippen molar-refractivity contribution in [2.24, 2.45) is 5.11 Å². The molecule has 0 saturated carbocycles. The van der Waals surface area contributed by atoms with Crippen LogP contribution in [0.25, 0.3) is 10.4 Å². The van der Waals surface area contributed by atoms with Gasteiger partial charge < -0.3 is 29.3 Å². The van der Waals surface area contributed by atoms with Crippen LogP contribution < -0.4 is 10.1 Å². The Morgan fingerprint density at radius 2 is 2.06 bits per heavy atom. The minimum atomic E-state index is -0.679. The number of halogens is 1. The summed E-state index contributed by atoms with van der Waals surface area (Å²) in [6, 6.07) is 7.98. The Morgan fingerprint density at radius 3 is 2.81 bits per heavy atom. The third-order valence-electron chi connectivity index (χ3n) is 8.88. The Labute approximate surface area is 282 Å². The number of aryl methyl sites for hydroxylation is 2. The second-order valence-corrected chi connectivity index (χ2v) is 12.9. The molecule has 1 aromatic heterocycles. The van der Waals surface area contributed by atoms with E-state index in [0.29, 0.717) is 57.6 Å². The van der Waals surface area contributed by atoms with Crippen LogP contribution in [0.3, 0.4) is 0 Å². The van der Waals surface area contributed by atoms with E-state index >= 15 is 4.39 Å². The van der Waals surface area contributed by atoms with Crippen molar-refractivity contribution in [1.82, 2.24) is 14.8 Å². The van der Waals surface area contributed by atoms with Gasteiger partial charge in [-0.15, -0.1) is 0 Å². The Balaban J connectivity index is 1.37. The molecule has 1 unspecified atom stereocenters. The lowest BCUT2D eigenvalue weighted by molar-refractivity contribution is -0.144. The van der Waals surface area contributed by atoms with Crippen molar-refractivity contribution in [3.63, 3.8) is 0 Å². The fourth-order valence-electron chi connectivity index (χ4n) is 6.09. The van der Waals surface area contributed by atoms with Gasteiger partial charge in [0.05, 0.1) is 31.3 Å². The van der Waals surface area contributed by atoms with Crippen molar-refractivity contribution in [2.75, 3.05) is 51.3 Å². The Morgan fingerprint density at radius 1 is 1.23 bits per heavy atom. The number of rotatable bonds is 19. The fourth-order valence-corrected chi connectivity index (χ4v) is 6.09. The van der Waals surface area contributed by atoms with Crippen LogP contribution in [0.15, 0.2) is 35.4 Å². The number of pyridine rings is 1. The molecule has 0 bridgehead atoms. The topological polar surface area (TPSA) is 142 Å². The molecule has 262 valence electrons. The van der Waals surface area contributed by atoms with Crippen LogP contribution in [0.4, 0.5) is 15.0 Å². The lowest BCUT2D eigenvalue weighted by Gasteiger charge is -2.28. The van der Waals surface area contributed by atoms with Crippen molar-refractivity contribution in [2.45, 2.75) is 96.8 Å². The first-order chi connectivity index (χ1) is 23.1. The number of nitrogens with zero attached hydrogens (tertiary/aromatic N) is 6. The number of fused-ring (bicyclic) bond motifs is 1. The summed E-state index contributed by atoms with van der Waals surface area (Å²) in [6.07, 6.45) is 5.07. The van der Waals surface area contributed by atoms with Crippen LogP contribution in [0.5, 0.6) is 5.75 Å². The predicted octanol–water partition coefficient (Wildman–Crippen LogP) is 6.99. The van der Waals surface area contributed by atoms with Gasteiger partial charge in [-0.1, -0.05) is 24.2 Å². The van der Waals surface area contributed by atoms with Crippen LogP contribution in [-0.2, 0) is 27.1 Å². The molecule has 2 aliphatic heterocycles. The van der Waals surface area contributed by atoms with Crippen molar-refractivity contribution in [1.29, 1.82) is 0 Å². The lowest BCUT2D eigenvalue weighted by atomic mass is 10.0. The van der Waals surface area contributed by atoms with E-state index in [-0.39, 0.29) is 30.9 Å². The number of azide groups is 1. The summed E-state index contributed by atoms with van der Waals surface area (Å²) in [5.74, 6) is 0.0516. The lowest BCUT2D eigenvalue weighted by Crippen LogP contribution is -2.36. The maximum absolute atomic E-state index is 15.5. The molecule has 2 atom stereocenters. The summed E-state index contributed by atoms with van der Waals surface area (Å²) < 4.78 is 32.8. The number of carbonyl (C=O) groups is 2. The number of aromatic nitrogens is 1. The molecule has 0 radical (unpaired) electrons. The minimum absolute atomic E-state index is 0.0799. The first kappa shape index (κ1) is 36.7. The maximum Gasteiger partial charge on any atom is 0.320 e. The van der Waals surface area contributed by atoms with Gasteiger partial charge in [-0.05, 0) is 94.2 Å². The highest BCUT2D eigenvalue weighted by atomic mass is 19.1. The second-order valence-electron chi connectivity index (χ2n) is 12.9. The van der Waals surface area contributed by atoms with Gasteiger partial charge >= 0.3 is 12.0 Å².